The number of ether oxygens (including phenoxy) is 2. The number of aliphatic hydroxyl groups is 2. The summed E-state index contributed by atoms with van der Waals surface area (Å²) in [5.41, 5.74) is 0.230. The van der Waals surface area contributed by atoms with Gasteiger partial charge in [-0.1, -0.05) is 6.92 Å². The number of carbonyl (C=O) groups is 1. The van der Waals surface area contributed by atoms with Crippen molar-refractivity contribution in [1.82, 2.24) is 0 Å². The van der Waals surface area contributed by atoms with E-state index in [4.69, 9.17) is 14.6 Å². The maximum atomic E-state index is 12.7. The molecule has 0 atom stereocenters. The zero-order chi connectivity index (χ0) is 17.0. The smallest absolute Gasteiger partial charge is 0.270 e. The summed E-state index contributed by atoms with van der Waals surface area (Å²) in [6.45, 7) is 6.19. The van der Waals surface area contributed by atoms with Crippen molar-refractivity contribution in [2.75, 3.05) is 24.7 Å². The fourth-order valence-corrected chi connectivity index (χ4v) is 2.54. The molecule has 0 aromatic heterocycles. The van der Waals surface area contributed by atoms with Gasteiger partial charge in [-0.05, 0) is 44.4 Å². The molecule has 2 N–H and O–H groups in total. The number of aliphatic hydroxyl groups excluding tert-OH is 2. The Hall–Kier alpha value is -1.79. The highest BCUT2D eigenvalue weighted by atomic mass is 16.5. The fraction of sp³-hybridized carbons (Fsp3) is 0.588. The Labute approximate surface area is 136 Å². The molecule has 0 unspecified atom stereocenters. The highest BCUT2D eigenvalue weighted by Crippen LogP contribution is 2.45. The minimum absolute atomic E-state index is 0.000713. The lowest BCUT2D eigenvalue weighted by atomic mass is 10.0. The average molecular weight is 323 g/mol. The molecule has 23 heavy (non-hydrogen) atoms. The van der Waals surface area contributed by atoms with Crippen molar-refractivity contribution in [2.24, 2.45) is 0 Å². The summed E-state index contributed by atoms with van der Waals surface area (Å²) in [5, 5.41) is 18.6. The Balaban J connectivity index is 2.52. The van der Waals surface area contributed by atoms with Crippen LogP contribution in [-0.2, 0) is 11.4 Å². The van der Waals surface area contributed by atoms with E-state index < -0.39 is 5.60 Å². The predicted molar refractivity (Wildman–Crippen MR) is 86.9 cm³/mol. The van der Waals surface area contributed by atoms with Crippen LogP contribution >= 0.6 is 0 Å². The summed E-state index contributed by atoms with van der Waals surface area (Å²) in [6, 6.07) is 3.48. The molecule has 1 aromatic rings. The van der Waals surface area contributed by atoms with Crippen molar-refractivity contribution >= 4 is 11.6 Å². The first kappa shape index (κ1) is 17.6. The van der Waals surface area contributed by atoms with Crippen molar-refractivity contribution < 1.29 is 24.5 Å². The second-order valence-electron chi connectivity index (χ2n) is 6.10. The van der Waals surface area contributed by atoms with Crippen LogP contribution < -0.4 is 14.4 Å². The Morgan fingerprint density at radius 1 is 1.30 bits per heavy atom. The third kappa shape index (κ3) is 3.59. The molecule has 2 rings (SSSR count). The van der Waals surface area contributed by atoms with Crippen molar-refractivity contribution in [3.63, 3.8) is 0 Å². The van der Waals surface area contributed by atoms with Gasteiger partial charge in [0.25, 0.3) is 5.91 Å². The van der Waals surface area contributed by atoms with Gasteiger partial charge >= 0.3 is 0 Å². The molecular weight excluding hydrogens is 298 g/mol. The Kier molecular flexibility index (Phi) is 5.49. The van der Waals surface area contributed by atoms with E-state index in [0.717, 1.165) is 6.42 Å². The normalized spacial score (nSPS) is 16.0. The summed E-state index contributed by atoms with van der Waals surface area (Å²) in [7, 11) is 0. The maximum Gasteiger partial charge on any atom is 0.270 e. The number of rotatable bonds is 7. The highest BCUT2D eigenvalue weighted by molar-refractivity contribution is 6.03. The number of amides is 1. The monoisotopic (exact) mass is 323 g/mol. The number of carbonyl (C=O) groups excluding carboxylic acids is 1. The summed E-state index contributed by atoms with van der Waals surface area (Å²) in [4.78, 5) is 14.3. The SMILES string of the molecule is CCCOc1cc(CO)cc2c1OC(C)(C)C(=O)N2CCCO. The van der Waals surface area contributed by atoms with Crippen LogP contribution in [0.25, 0.3) is 0 Å². The van der Waals surface area contributed by atoms with Crippen LogP contribution in [-0.4, -0.2) is 41.5 Å². The molecule has 0 bridgehead atoms. The molecule has 6 nitrogen and oxygen atoms in total. The number of hydrogen-bond acceptors (Lipinski definition) is 5. The number of nitrogens with zero attached hydrogens (tertiary/aromatic N) is 1. The van der Waals surface area contributed by atoms with E-state index in [1.807, 2.05) is 6.92 Å². The van der Waals surface area contributed by atoms with Crippen LogP contribution in [0.15, 0.2) is 12.1 Å². The van der Waals surface area contributed by atoms with Crippen LogP contribution in [0, 0.1) is 0 Å². The third-order valence-corrected chi connectivity index (χ3v) is 3.69. The van der Waals surface area contributed by atoms with Gasteiger partial charge in [-0.3, -0.25) is 4.79 Å². The first-order chi connectivity index (χ1) is 10.9. The van der Waals surface area contributed by atoms with Gasteiger partial charge in [-0.15, -0.1) is 0 Å². The molecule has 0 aliphatic carbocycles. The summed E-state index contributed by atoms with van der Waals surface area (Å²) >= 11 is 0. The largest absolute Gasteiger partial charge is 0.490 e. The Morgan fingerprint density at radius 3 is 2.65 bits per heavy atom. The highest BCUT2D eigenvalue weighted by Gasteiger charge is 2.42. The van der Waals surface area contributed by atoms with E-state index in [-0.39, 0.29) is 19.1 Å². The topological polar surface area (TPSA) is 79.2 Å². The third-order valence-electron chi connectivity index (χ3n) is 3.69. The molecule has 0 spiro atoms. The Morgan fingerprint density at radius 2 is 2.04 bits per heavy atom. The molecule has 1 aromatic carbocycles. The number of hydrogen-bond donors (Lipinski definition) is 2. The van der Waals surface area contributed by atoms with Crippen LogP contribution in [0.5, 0.6) is 11.5 Å². The first-order valence-corrected chi connectivity index (χ1v) is 7.97. The van der Waals surface area contributed by atoms with E-state index in [0.29, 0.717) is 42.3 Å². The van der Waals surface area contributed by atoms with Crippen LogP contribution in [0.1, 0.15) is 39.2 Å². The molecule has 0 fully saturated rings. The lowest BCUT2D eigenvalue weighted by Gasteiger charge is -2.39. The zero-order valence-electron chi connectivity index (χ0n) is 14.0. The molecular formula is C17H25NO5. The lowest BCUT2D eigenvalue weighted by Crippen LogP contribution is -2.53. The minimum atomic E-state index is -1.01. The molecule has 0 saturated carbocycles. The zero-order valence-corrected chi connectivity index (χ0v) is 14.0. The second kappa shape index (κ2) is 7.19. The number of fused-ring (bicyclic) bond motifs is 1. The first-order valence-electron chi connectivity index (χ1n) is 7.97. The van der Waals surface area contributed by atoms with Gasteiger partial charge in [0.1, 0.15) is 0 Å². The molecule has 1 amide bonds. The van der Waals surface area contributed by atoms with Gasteiger partial charge in [0.2, 0.25) is 0 Å². The maximum absolute atomic E-state index is 12.7. The molecule has 1 heterocycles. The van der Waals surface area contributed by atoms with Crippen molar-refractivity contribution in [3.8, 4) is 11.5 Å². The second-order valence-corrected chi connectivity index (χ2v) is 6.10. The fourth-order valence-electron chi connectivity index (χ4n) is 2.54. The summed E-state index contributed by atoms with van der Waals surface area (Å²) < 4.78 is 11.7. The molecule has 128 valence electrons. The number of benzene rings is 1. The van der Waals surface area contributed by atoms with Crippen molar-refractivity contribution in [3.05, 3.63) is 17.7 Å². The van der Waals surface area contributed by atoms with Crippen molar-refractivity contribution in [2.45, 2.75) is 45.8 Å². The standard InChI is InChI=1S/C17H25NO5/c1-4-8-22-14-10-12(11-20)9-13-15(14)23-17(2,3)16(21)18(13)6-5-7-19/h9-10,19-20H,4-8,11H2,1-3H3. The molecule has 1 aliphatic heterocycles. The van der Waals surface area contributed by atoms with Crippen LogP contribution in [0.2, 0.25) is 0 Å². The average Bonchev–Trinajstić information content (AvgIpc) is 2.53. The van der Waals surface area contributed by atoms with Gasteiger partial charge in [-0.2, -0.15) is 0 Å². The van der Waals surface area contributed by atoms with Crippen LogP contribution in [0.3, 0.4) is 0 Å². The van der Waals surface area contributed by atoms with Gasteiger partial charge in [-0.25, -0.2) is 0 Å². The Bertz CT molecular complexity index is 570. The van der Waals surface area contributed by atoms with E-state index in [1.54, 1.807) is 30.9 Å². The van der Waals surface area contributed by atoms with Gasteiger partial charge in [0.15, 0.2) is 17.1 Å². The lowest BCUT2D eigenvalue weighted by molar-refractivity contribution is -0.132. The quantitative estimate of drug-likeness (QED) is 0.800. The van der Waals surface area contributed by atoms with E-state index in [2.05, 4.69) is 0 Å². The van der Waals surface area contributed by atoms with E-state index in [9.17, 15) is 9.90 Å². The molecule has 6 heteroatoms. The summed E-state index contributed by atoms with van der Waals surface area (Å²) in [5.74, 6) is 0.871. The van der Waals surface area contributed by atoms with Crippen LogP contribution in [0.4, 0.5) is 5.69 Å². The molecule has 0 saturated heterocycles. The molecule has 0 radical (unpaired) electrons. The number of anilines is 1. The van der Waals surface area contributed by atoms with Gasteiger partial charge in [0, 0.05) is 13.2 Å². The minimum Gasteiger partial charge on any atom is -0.490 e. The summed E-state index contributed by atoms with van der Waals surface area (Å²) in [6.07, 6.45) is 1.31. The van der Waals surface area contributed by atoms with Gasteiger partial charge in [0.05, 0.1) is 18.9 Å². The van der Waals surface area contributed by atoms with E-state index in [1.165, 1.54) is 0 Å². The van der Waals surface area contributed by atoms with Crippen molar-refractivity contribution in [1.29, 1.82) is 0 Å². The van der Waals surface area contributed by atoms with E-state index >= 15 is 0 Å². The molecule has 1 aliphatic rings. The predicted octanol–water partition coefficient (Wildman–Crippen LogP) is 1.85. The van der Waals surface area contributed by atoms with Gasteiger partial charge < -0.3 is 24.6 Å².